The molecule has 136 valence electrons. The lowest BCUT2D eigenvalue weighted by Gasteiger charge is -2.23. The molecule has 0 saturated carbocycles. The first-order chi connectivity index (χ1) is 11.7. The quantitative estimate of drug-likeness (QED) is 0.639. The van der Waals surface area contributed by atoms with Gasteiger partial charge in [-0.2, -0.15) is 0 Å². The number of nitrogens with zero attached hydrogens (tertiary/aromatic N) is 1. The second kappa shape index (κ2) is 10.3. The lowest BCUT2D eigenvalue weighted by Crippen LogP contribution is -2.37. The van der Waals surface area contributed by atoms with Crippen molar-refractivity contribution < 1.29 is 9.47 Å². The lowest BCUT2D eigenvalue weighted by atomic mass is 10.1. The fraction of sp³-hybridized carbons (Fsp3) is 0.684. The monoisotopic (exact) mass is 398 g/mol. The second-order valence-corrected chi connectivity index (χ2v) is 7.08. The summed E-state index contributed by atoms with van der Waals surface area (Å²) in [6, 6.07) is 4.80. The predicted molar refractivity (Wildman–Crippen MR) is 103 cm³/mol. The van der Waals surface area contributed by atoms with Gasteiger partial charge in [0.05, 0.1) is 13.2 Å². The van der Waals surface area contributed by atoms with Crippen molar-refractivity contribution in [2.75, 3.05) is 32.8 Å². The Morgan fingerprint density at radius 1 is 1.21 bits per heavy atom. The molecule has 0 radical (unpaired) electrons. The highest BCUT2D eigenvalue weighted by molar-refractivity contribution is 9.10. The first-order valence-corrected chi connectivity index (χ1v) is 10.0. The van der Waals surface area contributed by atoms with Gasteiger partial charge in [-0.15, -0.1) is 0 Å². The Morgan fingerprint density at radius 2 is 2.00 bits per heavy atom. The first kappa shape index (κ1) is 19.5. The van der Waals surface area contributed by atoms with E-state index >= 15 is 0 Å². The molecule has 1 heterocycles. The van der Waals surface area contributed by atoms with Crippen molar-refractivity contribution in [2.45, 2.75) is 52.6 Å². The Balaban J connectivity index is 1.97. The molecule has 1 aromatic carbocycles. The molecule has 24 heavy (non-hydrogen) atoms. The molecule has 1 N–H and O–H groups in total. The fourth-order valence-corrected chi connectivity index (χ4v) is 3.68. The zero-order chi connectivity index (χ0) is 17.4. The van der Waals surface area contributed by atoms with Crippen molar-refractivity contribution in [3.05, 3.63) is 22.2 Å². The maximum atomic E-state index is 5.81. The van der Waals surface area contributed by atoms with Gasteiger partial charge in [0.2, 0.25) is 0 Å². The highest BCUT2D eigenvalue weighted by Crippen LogP contribution is 2.34. The smallest absolute Gasteiger partial charge is 0.162 e. The van der Waals surface area contributed by atoms with E-state index in [9.17, 15) is 0 Å². The molecule has 1 aromatic rings. The number of hydrogen-bond acceptors (Lipinski definition) is 4. The van der Waals surface area contributed by atoms with Crippen molar-refractivity contribution >= 4 is 15.9 Å². The molecule has 1 aliphatic rings. The van der Waals surface area contributed by atoms with Crippen LogP contribution in [-0.4, -0.2) is 43.8 Å². The standard InChI is InChI=1S/C19H31BrN2O2/c1-4-10-24-19-12-17(20)15(11-18(19)23-6-3)13-21-14-16-8-7-9-22(16)5-2/h11-12,16,21H,4-10,13-14H2,1-3H3. The summed E-state index contributed by atoms with van der Waals surface area (Å²) in [7, 11) is 0. The summed E-state index contributed by atoms with van der Waals surface area (Å²) < 4.78 is 12.6. The van der Waals surface area contributed by atoms with Crippen LogP contribution in [0.4, 0.5) is 0 Å². The molecule has 1 aliphatic heterocycles. The molecule has 0 bridgehead atoms. The minimum absolute atomic E-state index is 0.643. The van der Waals surface area contributed by atoms with Crippen molar-refractivity contribution in [1.82, 2.24) is 10.2 Å². The van der Waals surface area contributed by atoms with Gasteiger partial charge in [0.25, 0.3) is 0 Å². The molecule has 5 heteroatoms. The van der Waals surface area contributed by atoms with Gasteiger partial charge in [0.15, 0.2) is 11.5 Å². The second-order valence-electron chi connectivity index (χ2n) is 6.23. The van der Waals surface area contributed by atoms with Crippen LogP contribution in [0.1, 0.15) is 45.6 Å². The van der Waals surface area contributed by atoms with E-state index in [0.29, 0.717) is 19.3 Å². The summed E-state index contributed by atoms with van der Waals surface area (Å²) in [5.74, 6) is 1.66. The zero-order valence-corrected chi connectivity index (χ0v) is 16.8. The van der Waals surface area contributed by atoms with Gasteiger partial charge in [0.1, 0.15) is 0 Å². The molecular weight excluding hydrogens is 368 g/mol. The van der Waals surface area contributed by atoms with Gasteiger partial charge in [0, 0.05) is 23.6 Å². The summed E-state index contributed by atoms with van der Waals surface area (Å²) in [4.78, 5) is 2.56. The van der Waals surface area contributed by atoms with Crippen LogP contribution in [-0.2, 0) is 6.54 Å². The number of ether oxygens (including phenoxy) is 2. The highest BCUT2D eigenvalue weighted by Gasteiger charge is 2.22. The summed E-state index contributed by atoms with van der Waals surface area (Å²) in [6.45, 7) is 12.0. The Bertz CT molecular complexity index is 510. The third-order valence-electron chi connectivity index (χ3n) is 4.47. The van der Waals surface area contributed by atoms with Crippen molar-refractivity contribution in [2.24, 2.45) is 0 Å². The van der Waals surface area contributed by atoms with E-state index in [4.69, 9.17) is 9.47 Å². The van der Waals surface area contributed by atoms with E-state index in [1.807, 2.05) is 13.0 Å². The Labute approximate surface area is 155 Å². The van der Waals surface area contributed by atoms with Crippen LogP contribution < -0.4 is 14.8 Å². The molecule has 0 amide bonds. The molecule has 1 atom stereocenters. The molecule has 1 unspecified atom stereocenters. The SMILES string of the molecule is CCCOc1cc(Br)c(CNCC2CCCN2CC)cc1OCC. The van der Waals surface area contributed by atoms with Gasteiger partial charge < -0.3 is 14.8 Å². The van der Waals surface area contributed by atoms with E-state index in [-0.39, 0.29) is 0 Å². The first-order valence-electron chi connectivity index (χ1n) is 9.22. The number of rotatable bonds is 10. The number of likely N-dealkylation sites (N-methyl/N-ethyl adjacent to an activating group) is 1. The van der Waals surface area contributed by atoms with Crippen molar-refractivity contribution in [3.8, 4) is 11.5 Å². The van der Waals surface area contributed by atoms with Gasteiger partial charge in [-0.05, 0) is 57.0 Å². The van der Waals surface area contributed by atoms with Crippen LogP contribution in [0.15, 0.2) is 16.6 Å². The minimum Gasteiger partial charge on any atom is -0.490 e. The Hall–Kier alpha value is -0.780. The summed E-state index contributed by atoms with van der Waals surface area (Å²) in [5, 5.41) is 3.61. The number of hydrogen-bond donors (Lipinski definition) is 1. The van der Waals surface area contributed by atoms with Crippen LogP contribution in [0.5, 0.6) is 11.5 Å². The van der Waals surface area contributed by atoms with Gasteiger partial charge in [-0.25, -0.2) is 0 Å². The van der Waals surface area contributed by atoms with Gasteiger partial charge in [-0.3, -0.25) is 4.90 Å². The molecule has 0 spiro atoms. The largest absolute Gasteiger partial charge is 0.490 e. The number of halogens is 1. The van der Waals surface area contributed by atoms with E-state index in [2.05, 4.69) is 46.1 Å². The Kier molecular flexibility index (Phi) is 8.36. The van der Waals surface area contributed by atoms with E-state index in [0.717, 1.165) is 42.0 Å². The average molecular weight is 399 g/mol. The molecule has 0 aromatic heterocycles. The summed E-state index contributed by atoms with van der Waals surface area (Å²) in [5.41, 5.74) is 1.21. The highest BCUT2D eigenvalue weighted by atomic mass is 79.9. The van der Waals surface area contributed by atoms with Crippen LogP contribution in [0, 0.1) is 0 Å². The zero-order valence-electron chi connectivity index (χ0n) is 15.2. The number of likely N-dealkylation sites (tertiary alicyclic amines) is 1. The number of nitrogens with one attached hydrogen (secondary N) is 1. The minimum atomic E-state index is 0.643. The Morgan fingerprint density at radius 3 is 2.71 bits per heavy atom. The lowest BCUT2D eigenvalue weighted by molar-refractivity contribution is 0.259. The topological polar surface area (TPSA) is 33.7 Å². The fourth-order valence-electron chi connectivity index (χ4n) is 3.22. The van der Waals surface area contributed by atoms with E-state index in [1.165, 1.54) is 24.9 Å². The molecule has 1 fully saturated rings. The van der Waals surface area contributed by atoms with Gasteiger partial charge >= 0.3 is 0 Å². The van der Waals surface area contributed by atoms with Crippen LogP contribution >= 0.6 is 15.9 Å². The van der Waals surface area contributed by atoms with Crippen LogP contribution in [0.3, 0.4) is 0 Å². The summed E-state index contributed by atoms with van der Waals surface area (Å²) in [6.07, 6.45) is 3.61. The number of benzene rings is 1. The van der Waals surface area contributed by atoms with E-state index in [1.54, 1.807) is 0 Å². The van der Waals surface area contributed by atoms with Crippen molar-refractivity contribution in [1.29, 1.82) is 0 Å². The predicted octanol–water partition coefficient (Wildman–Crippen LogP) is 4.21. The van der Waals surface area contributed by atoms with Crippen LogP contribution in [0.2, 0.25) is 0 Å². The van der Waals surface area contributed by atoms with Gasteiger partial charge in [-0.1, -0.05) is 29.8 Å². The normalized spacial score (nSPS) is 18.1. The molecule has 1 saturated heterocycles. The third-order valence-corrected chi connectivity index (χ3v) is 5.21. The molecular formula is C19H31BrN2O2. The molecule has 4 nitrogen and oxygen atoms in total. The van der Waals surface area contributed by atoms with Crippen molar-refractivity contribution in [3.63, 3.8) is 0 Å². The third kappa shape index (κ3) is 5.36. The van der Waals surface area contributed by atoms with Crippen LogP contribution in [0.25, 0.3) is 0 Å². The molecule has 0 aliphatic carbocycles. The summed E-state index contributed by atoms with van der Waals surface area (Å²) >= 11 is 3.68. The maximum Gasteiger partial charge on any atom is 0.162 e. The van der Waals surface area contributed by atoms with E-state index < -0.39 is 0 Å². The maximum absolute atomic E-state index is 5.81. The molecule has 2 rings (SSSR count). The average Bonchev–Trinajstić information content (AvgIpc) is 3.03.